The van der Waals surface area contributed by atoms with Crippen molar-refractivity contribution in [2.24, 2.45) is 0 Å². The molecular weight excluding hydrogens is 188 g/mol. The van der Waals surface area contributed by atoms with Gasteiger partial charge in [0, 0.05) is 11.1 Å². The molecule has 76 valence electrons. The molecule has 3 heteroatoms. The third-order valence-corrected chi connectivity index (χ3v) is 2.57. The molecule has 0 aliphatic heterocycles. The number of aromatic amines is 1. The van der Waals surface area contributed by atoms with Gasteiger partial charge in [-0.25, -0.2) is 5.10 Å². The second-order valence-corrected chi connectivity index (χ2v) is 3.52. The van der Waals surface area contributed by atoms with Crippen LogP contribution < -0.4 is 5.56 Å². The Morgan fingerprint density at radius 3 is 2.40 bits per heavy atom. The molecule has 0 atom stereocenters. The topological polar surface area (TPSA) is 45.8 Å². The molecule has 0 radical (unpaired) electrons. The second kappa shape index (κ2) is 3.69. The number of hydrogen-bond donors (Lipinski definition) is 1. The first-order chi connectivity index (χ1) is 7.20. The molecule has 1 heterocycles. The lowest BCUT2D eigenvalue weighted by molar-refractivity contribution is 0.959. The zero-order chi connectivity index (χ0) is 10.8. The van der Waals surface area contributed by atoms with Gasteiger partial charge in [0.1, 0.15) is 0 Å². The zero-order valence-electron chi connectivity index (χ0n) is 8.74. The van der Waals surface area contributed by atoms with Crippen molar-refractivity contribution < 1.29 is 0 Å². The van der Waals surface area contributed by atoms with Gasteiger partial charge in [-0.3, -0.25) is 4.79 Å². The Morgan fingerprint density at radius 2 is 1.73 bits per heavy atom. The van der Waals surface area contributed by atoms with Crippen LogP contribution in [0.25, 0.3) is 11.3 Å². The normalized spacial score (nSPS) is 10.3. The highest BCUT2D eigenvalue weighted by Crippen LogP contribution is 2.19. The van der Waals surface area contributed by atoms with Crippen LogP contribution in [0.15, 0.2) is 35.1 Å². The third kappa shape index (κ3) is 1.68. The van der Waals surface area contributed by atoms with Gasteiger partial charge < -0.3 is 0 Å². The first-order valence-corrected chi connectivity index (χ1v) is 4.81. The van der Waals surface area contributed by atoms with E-state index in [2.05, 4.69) is 10.2 Å². The highest BCUT2D eigenvalue weighted by molar-refractivity contribution is 5.63. The summed E-state index contributed by atoms with van der Waals surface area (Å²) in [7, 11) is 0. The highest BCUT2D eigenvalue weighted by Gasteiger charge is 2.07. The summed E-state index contributed by atoms with van der Waals surface area (Å²) in [6.45, 7) is 3.72. The van der Waals surface area contributed by atoms with Gasteiger partial charge in [0.25, 0.3) is 5.56 Å². The second-order valence-electron chi connectivity index (χ2n) is 3.52. The van der Waals surface area contributed by atoms with Gasteiger partial charge in [0.15, 0.2) is 0 Å². The quantitative estimate of drug-likeness (QED) is 0.765. The summed E-state index contributed by atoms with van der Waals surface area (Å²) in [6, 6.07) is 9.82. The van der Waals surface area contributed by atoms with E-state index in [9.17, 15) is 4.79 Å². The number of nitrogens with one attached hydrogen (secondary N) is 1. The van der Waals surface area contributed by atoms with Crippen molar-refractivity contribution in [1.82, 2.24) is 10.2 Å². The van der Waals surface area contributed by atoms with Gasteiger partial charge >= 0.3 is 0 Å². The van der Waals surface area contributed by atoms with E-state index >= 15 is 0 Å². The van der Waals surface area contributed by atoms with Crippen molar-refractivity contribution in [1.29, 1.82) is 0 Å². The third-order valence-electron chi connectivity index (χ3n) is 2.57. The highest BCUT2D eigenvalue weighted by atomic mass is 16.1. The van der Waals surface area contributed by atoms with Crippen molar-refractivity contribution in [2.75, 3.05) is 0 Å². The minimum Gasteiger partial charge on any atom is -0.268 e. The zero-order valence-corrected chi connectivity index (χ0v) is 8.74. The molecule has 2 rings (SSSR count). The standard InChI is InChI=1S/C12H12N2O/c1-8-9(2)12(15)14-13-11(8)10-6-4-3-5-7-10/h3-7H,1-2H3,(H,14,15). The molecule has 0 bridgehead atoms. The Morgan fingerprint density at radius 1 is 1.07 bits per heavy atom. The molecule has 15 heavy (non-hydrogen) atoms. The Balaban J connectivity index is 2.65. The predicted molar refractivity (Wildman–Crippen MR) is 59.8 cm³/mol. The molecule has 0 amide bonds. The first kappa shape index (κ1) is 9.65. The monoisotopic (exact) mass is 200 g/mol. The molecule has 0 aliphatic rings. The number of hydrogen-bond acceptors (Lipinski definition) is 2. The molecule has 0 spiro atoms. The van der Waals surface area contributed by atoms with E-state index in [1.807, 2.05) is 44.2 Å². The maximum atomic E-state index is 11.3. The number of rotatable bonds is 1. The fourth-order valence-electron chi connectivity index (χ4n) is 1.50. The Hall–Kier alpha value is -1.90. The van der Waals surface area contributed by atoms with Crippen LogP contribution in [0.2, 0.25) is 0 Å². The van der Waals surface area contributed by atoms with E-state index in [4.69, 9.17) is 0 Å². The molecule has 3 nitrogen and oxygen atoms in total. The minimum atomic E-state index is -0.118. The lowest BCUT2D eigenvalue weighted by Crippen LogP contribution is -2.14. The molecule has 1 N–H and O–H groups in total. The average Bonchev–Trinajstić information content (AvgIpc) is 2.27. The fourth-order valence-corrected chi connectivity index (χ4v) is 1.50. The van der Waals surface area contributed by atoms with Crippen LogP contribution in [0.5, 0.6) is 0 Å². The molecule has 0 saturated carbocycles. The molecular formula is C12H12N2O. The Bertz CT molecular complexity index is 529. The molecule has 0 unspecified atom stereocenters. The minimum absolute atomic E-state index is 0.118. The first-order valence-electron chi connectivity index (χ1n) is 4.81. The van der Waals surface area contributed by atoms with Crippen molar-refractivity contribution in [3.63, 3.8) is 0 Å². The number of aromatic nitrogens is 2. The van der Waals surface area contributed by atoms with Crippen LogP contribution in [-0.2, 0) is 0 Å². The molecule has 0 fully saturated rings. The van der Waals surface area contributed by atoms with Crippen LogP contribution in [-0.4, -0.2) is 10.2 Å². The van der Waals surface area contributed by atoms with E-state index < -0.39 is 0 Å². The number of nitrogens with zero attached hydrogens (tertiary/aromatic N) is 1. The lowest BCUT2D eigenvalue weighted by Gasteiger charge is -2.05. The van der Waals surface area contributed by atoms with Gasteiger partial charge in [-0.1, -0.05) is 30.3 Å². The van der Waals surface area contributed by atoms with Gasteiger partial charge in [0.2, 0.25) is 0 Å². The maximum Gasteiger partial charge on any atom is 0.267 e. The van der Waals surface area contributed by atoms with Crippen LogP contribution in [0.3, 0.4) is 0 Å². The number of benzene rings is 1. The number of H-pyrrole nitrogens is 1. The molecule has 0 aliphatic carbocycles. The van der Waals surface area contributed by atoms with Crippen molar-refractivity contribution in [3.8, 4) is 11.3 Å². The van der Waals surface area contributed by atoms with Crippen LogP contribution in [0.4, 0.5) is 0 Å². The molecule has 1 aromatic heterocycles. The summed E-state index contributed by atoms with van der Waals surface area (Å²) in [4.78, 5) is 11.3. The predicted octanol–water partition coefficient (Wildman–Crippen LogP) is 2.05. The average molecular weight is 200 g/mol. The van der Waals surface area contributed by atoms with E-state index in [1.54, 1.807) is 0 Å². The van der Waals surface area contributed by atoms with E-state index in [1.165, 1.54) is 0 Å². The fraction of sp³-hybridized carbons (Fsp3) is 0.167. The molecule has 2 aromatic rings. The summed E-state index contributed by atoms with van der Waals surface area (Å²) in [5.41, 5.74) is 3.41. The van der Waals surface area contributed by atoms with Crippen molar-refractivity contribution in [3.05, 3.63) is 51.8 Å². The SMILES string of the molecule is Cc1c(-c2ccccc2)n[nH]c(=O)c1C. The van der Waals surface area contributed by atoms with E-state index in [0.717, 1.165) is 22.4 Å². The van der Waals surface area contributed by atoms with Gasteiger partial charge in [-0.15, -0.1) is 0 Å². The van der Waals surface area contributed by atoms with Gasteiger partial charge in [-0.2, -0.15) is 5.10 Å². The summed E-state index contributed by atoms with van der Waals surface area (Å²) < 4.78 is 0. The summed E-state index contributed by atoms with van der Waals surface area (Å²) in [5.74, 6) is 0. The van der Waals surface area contributed by atoms with Crippen molar-refractivity contribution in [2.45, 2.75) is 13.8 Å². The summed E-state index contributed by atoms with van der Waals surface area (Å²) in [6.07, 6.45) is 0. The van der Waals surface area contributed by atoms with E-state index in [-0.39, 0.29) is 5.56 Å². The van der Waals surface area contributed by atoms with Crippen LogP contribution >= 0.6 is 0 Å². The molecule has 1 aromatic carbocycles. The maximum absolute atomic E-state index is 11.3. The van der Waals surface area contributed by atoms with Crippen LogP contribution in [0.1, 0.15) is 11.1 Å². The lowest BCUT2D eigenvalue weighted by atomic mass is 10.0. The van der Waals surface area contributed by atoms with Gasteiger partial charge in [-0.05, 0) is 19.4 Å². The Labute approximate surface area is 87.8 Å². The summed E-state index contributed by atoms with van der Waals surface area (Å²) in [5, 5.41) is 6.57. The largest absolute Gasteiger partial charge is 0.268 e. The summed E-state index contributed by atoms with van der Waals surface area (Å²) >= 11 is 0. The smallest absolute Gasteiger partial charge is 0.267 e. The van der Waals surface area contributed by atoms with Crippen LogP contribution in [0, 0.1) is 13.8 Å². The molecule has 0 saturated heterocycles. The Kier molecular flexibility index (Phi) is 2.37. The van der Waals surface area contributed by atoms with Gasteiger partial charge in [0.05, 0.1) is 5.69 Å². The van der Waals surface area contributed by atoms with Crippen molar-refractivity contribution >= 4 is 0 Å². The van der Waals surface area contributed by atoms with E-state index in [0.29, 0.717) is 0 Å².